The molecule has 0 spiro atoms. The Labute approximate surface area is 141 Å². The van der Waals surface area contributed by atoms with Crippen LogP contribution in [0.2, 0.25) is 0 Å². The molecule has 9 heteroatoms. The Kier molecular flexibility index (Phi) is 5.43. The van der Waals surface area contributed by atoms with Crippen LogP contribution in [0.4, 0.5) is 5.82 Å². The minimum absolute atomic E-state index is 0.0597. The first-order chi connectivity index (χ1) is 11.3. The molecule has 1 aliphatic rings. The van der Waals surface area contributed by atoms with Crippen LogP contribution in [0.1, 0.15) is 24.2 Å². The summed E-state index contributed by atoms with van der Waals surface area (Å²) < 4.78 is 23.7. The molecule has 2 heterocycles. The zero-order valence-corrected chi connectivity index (χ0v) is 14.6. The maximum Gasteiger partial charge on any atom is 0.252 e. The van der Waals surface area contributed by atoms with Crippen LogP contribution < -0.4 is 10.6 Å². The molecule has 1 fully saturated rings. The number of nitrogens with two attached hydrogens (primary N) is 1. The average molecular weight is 354 g/mol. The summed E-state index contributed by atoms with van der Waals surface area (Å²) in [6.45, 7) is 4.62. The molecule has 1 aromatic heterocycles. The number of amides is 2. The molecule has 1 atom stereocenters. The smallest absolute Gasteiger partial charge is 0.252 e. The number of aromatic nitrogens is 1. The summed E-state index contributed by atoms with van der Waals surface area (Å²) in [7, 11) is -3.41. The molecular formula is C15H22N4O4S. The van der Waals surface area contributed by atoms with Crippen molar-refractivity contribution < 1.29 is 18.0 Å². The van der Waals surface area contributed by atoms with Crippen LogP contribution in [0.25, 0.3) is 0 Å². The molecule has 0 aromatic carbocycles. The molecule has 0 aliphatic carbocycles. The van der Waals surface area contributed by atoms with E-state index < -0.39 is 21.0 Å². The van der Waals surface area contributed by atoms with Crippen LogP contribution in [0, 0.1) is 0 Å². The van der Waals surface area contributed by atoms with Gasteiger partial charge in [-0.1, -0.05) is 6.92 Å². The largest absolute Gasteiger partial charge is 0.365 e. The van der Waals surface area contributed by atoms with E-state index in [1.54, 1.807) is 23.2 Å². The van der Waals surface area contributed by atoms with Crippen molar-refractivity contribution in [3.05, 3.63) is 23.9 Å². The summed E-state index contributed by atoms with van der Waals surface area (Å²) in [6.07, 6.45) is 1.58. The monoisotopic (exact) mass is 354 g/mol. The third kappa shape index (κ3) is 3.66. The van der Waals surface area contributed by atoms with E-state index in [2.05, 4.69) is 4.98 Å². The zero-order valence-electron chi connectivity index (χ0n) is 13.8. The second kappa shape index (κ2) is 7.16. The van der Waals surface area contributed by atoms with Gasteiger partial charge in [0.25, 0.3) is 5.91 Å². The highest BCUT2D eigenvalue weighted by Crippen LogP contribution is 2.19. The van der Waals surface area contributed by atoms with Crippen LogP contribution in [0.3, 0.4) is 0 Å². The van der Waals surface area contributed by atoms with Crippen molar-refractivity contribution in [2.45, 2.75) is 19.1 Å². The lowest BCUT2D eigenvalue weighted by Crippen LogP contribution is -2.52. The number of pyridine rings is 1. The third-order valence-corrected chi connectivity index (χ3v) is 6.32. The minimum atomic E-state index is -3.41. The van der Waals surface area contributed by atoms with E-state index in [4.69, 9.17) is 5.73 Å². The van der Waals surface area contributed by atoms with Crippen molar-refractivity contribution >= 4 is 27.5 Å². The first-order valence-corrected chi connectivity index (χ1v) is 9.49. The summed E-state index contributed by atoms with van der Waals surface area (Å²) in [5.74, 6) is -0.506. The van der Waals surface area contributed by atoms with Crippen molar-refractivity contribution in [1.82, 2.24) is 9.88 Å². The van der Waals surface area contributed by atoms with E-state index in [0.717, 1.165) is 0 Å². The van der Waals surface area contributed by atoms with E-state index in [9.17, 15) is 18.0 Å². The number of primary amides is 1. The lowest BCUT2D eigenvalue weighted by atomic mass is 10.2. The van der Waals surface area contributed by atoms with E-state index in [1.165, 1.54) is 13.8 Å². The fraction of sp³-hybridized carbons (Fsp3) is 0.533. The normalized spacial score (nSPS) is 16.8. The summed E-state index contributed by atoms with van der Waals surface area (Å²) in [5.41, 5.74) is 5.70. The molecule has 0 bridgehead atoms. The van der Waals surface area contributed by atoms with Gasteiger partial charge in [-0.05, 0) is 19.1 Å². The van der Waals surface area contributed by atoms with Gasteiger partial charge in [-0.15, -0.1) is 0 Å². The Morgan fingerprint density at radius 2 is 1.92 bits per heavy atom. The third-order valence-electron chi connectivity index (χ3n) is 4.23. The highest BCUT2D eigenvalue weighted by atomic mass is 32.2. The molecule has 0 saturated carbocycles. The molecule has 24 heavy (non-hydrogen) atoms. The molecule has 2 amide bonds. The molecule has 8 nitrogen and oxygen atoms in total. The molecule has 1 aliphatic heterocycles. The highest BCUT2D eigenvalue weighted by Gasteiger charge is 2.32. The first-order valence-electron chi connectivity index (χ1n) is 7.78. The number of carbonyl (C=O) groups is 2. The molecule has 1 aromatic rings. The SMILES string of the molecule is CCS(=O)(=O)C(C)C(=O)N1CCN(c2ncccc2C(N)=O)CC1. The fourth-order valence-corrected chi connectivity index (χ4v) is 3.60. The zero-order chi connectivity index (χ0) is 17.9. The Hall–Kier alpha value is -2.16. The number of rotatable bonds is 5. The topological polar surface area (TPSA) is 114 Å². The van der Waals surface area contributed by atoms with Gasteiger partial charge < -0.3 is 15.5 Å². The van der Waals surface area contributed by atoms with Gasteiger partial charge in [0.05, 0.1) is 5.56 Å². The summed E-state index contributed by atoms with van der Waals surface area (Å²) in [5, 5.41) is -1.04. The van der Waals surface area contributed by atoms with Gasteiger partial charge in [0, 0.05) is 38.1 Å². The first kappa shape index (κ1) is 18.2. The molecule has 0 radical (unpaired) electrons. The average Bonchev–Trinajstić information content (AvgIpc) is 2.60. The van der Waals surface area contributed by atoms with Crippen molar-refractivity contribution in [3.8, 4) is 0 Å². The lowest BCUT2D eigenvalue weighted by Gasteiger charge is -2.36. The van der Waals surface area contributed by atoms with Gasteiger partial charge in [-0.25, -0.2) is 13.4 Å². The van der Waals surface area contributed by atoms with Gasteiger partial charge in [-0.3, -0.25) is 9.59 Å². The summed E-state index contributed by atoms with van der Waals surface area (Å²) in [6, 6.07) is 3.25. The molecule has 2 rings (SSSR count). The molecule has 2 N–H and O–H groups in total. The number of piperazine rings is 1. The Bertz CT molecular complexity index is 727. The predicted octanol–water partition coefficient (Wildman–Crippen LogP) is -0.348. The van der Waals surface area contributed by atoms with Crippen molar-refractivity contribution in [2.24, 2.45) is 5.73 Å². The van der Waals surface area contributed by atoms with E-state index >= 15 is 0 Å². The Morgan fingerprint density at radius 3 is 2.46 bits per heavy atom. The van der Waals surface area contributed by atoms with E-state index in [0.29, 0.717) is 37.6 Å². The van der Waals surface area contributed by atoms with Crippen LogP contribution in [-0.2, 0) is 14.6 Å². The second-order valence-electron chi connectivity index (χ2n) is 5.64. The summed E-state index contributed by atoms with van der Waals surface area (Å²) >= 11 is 0. The number of sulfone groups is 1. The van der Waals surface area contributed by atoms with Gasteiger partial charge in [0.1, 0.15) is 11.1 Å². The van der Waals surface area contributed by atoms with Gasteiger partial charge >= 0.3 is 0 Å². The number of carbonyl (C=O) groups excluding carboxylic acids is 2. The highest BCUT2D eigenvalue weighted by molar-refractivity contribution is 7.92. The number of anilines is 1. The van der Waals surface area contributed by atoms with Crippen LogP contribution >= 0.6 is 0 Å². The maximum absolute atomic E-state index is 12.4. The van der Waals surface area contributed by atoms with Crippen molar-refractivity contribution in [2.75, 3.05) is 36.8 Å². The van der Waals surface area contributed by atoms with Crippen molar-refractivity contribution in [1.29, 1.82) is 0 Å². The van der Waals surface area contributed by atoms with E-state index in [-0.39, 0.29) is 11.7 Å². The quantitative estimate of drug-likeness (QED) is 0.773. The number of hydrogen-bond donors (Lipinski definition) is 1. The van der Waals surface area contributed by atoms with E-state index in [1.807, 2.05) is 4.90 Å². The molecule has 1 saturated heterocycles. The van der Waals surface area contributed by atoms with Gasteiger partial charge in [0.15, 0.2) is 9.84 Å². The Balaban J connectivity index is 2.07. The Morgan fingerprint density at radius 1 is 1.29 bits per heavy atom. The van der Waals surface area contributed by atoms with Crippen molar-refractivity contribution in [3.63, 3.8) is 0 Å². The molecule has 132 valence electrons. The van der Waals surface area contributed by atoms with Crippen LogP contribution in [0.5, 0.6) is 0 Å². The standard InChI is InChI=1S/C15H22N4O4S/c1-3-24(22,23)11(2)15(21)19-9-7-18(8-10-19)14-12(13(16)20)5-4-6-17-14/h4-6,11H,3,7-10H2,1-2H3,(H2,16,20). The van der Waals surface area contributed by atoms with Gasteiger partial charge in [0.2, 0.25) is 5.91 Å². The van der Waals surface area contributed by atoms with Gasteiger partial charge in [-0.2, -0.15) is 0 Å². The van der Waals surface area contributed by atoms with Crippen LogP contribution in [-0.4, -0.2) is 67.3 Å². The fourth-order valence-electron chi connectivity index (χ4n) is 2.64. The lowest BCUT2D eigenvalue weighted by molar-refractivity contribution is -0.130. The molecular weight excluding hydrogens is 332 g/mol. The van der Waals surface area contributed by atoms with Crippen LogP contribution in [0.15, 0.2) is 18.3 Å². The molecule has 1 unspecified atom stereocenters. The second-order valence-corrected chi connectivity index (χ2v) is 8.26. The summed E-state index contributed by atoms with van der Waals surface area (Å²) in [4.78, 5) is 31.5. The number of nitrogens with zero attached hydrogens (tertiary/aromatic N) is 3. The predicted molar refractivity (Wildman–Crippen MR) is 90.5 cm³/mol. The maximum atomic E-state index is 12.4. The minimum Gasteiger partial charge on any atom is -0.365 e. The number of hydrogen-bond acceptors (Lipinski definition) is 6.